The van der Waals surface area contributed by atoms with E-state index in [0.29, 0.717) is 76.0 Å². The number of nitrogens with zero attached hydrogens (tertiary/aromatic N) is 3. The van der Waals surface area contributed by atoms with Crippen LogP contribution in [0.4, 0.5) is 10.5 Å². The highest BCUT2D eigenvalue weighted by Gasteiger charge is 2.31. The van der Waals surface area contributed by atoms with Crippen molar-refractivity contribution < 1.29 is 23.9 Å². The van der Waals surface area contributed by atoms with E-state index in [1.54, 1.807) is 28.0 Å². The van der Waals surface area contributed by atoms with E-state index in [-0.39, 0.29) is 30.3 Å². The summed E-state index contributed by atoms with van der Waals surface area (Å²) >= 11 is 0. The van der Waals surface area contributed by atoms with Crippen LogP contribution in [0.2, 0.25) is 0 Å². The van der Waals surface area contributed by atoms with Gasteiger partial charge in [0.25, 0.3) is 0 Å². The van der Waals surface area contributed by atoms with Gasteiger partial charge in [-0.3, -0.25) is 9.59 Å². The summed E-state index contributed by atoms with van der Waals surface area (Å²) in [4.78, 5) is 43.3. The van der Waals surface area contributed by atoms with Gasteiger partial charge in [0.1, 0.15) is 13.2 Å². The molecule has 9 heteroatoms. The fourth-order valence-electron chi connectivity index (χ4n) is 4.11. The smallest absolute Gasteiger partial charge is 0.319 e. The van der Waals surface area contributed by atoms with Crippen LogP contribution < -0.4 is 14.8 Å². The maximum Gasteiger partial charge on any atom is 0.319 e. The van der Waals surface area contributed by atoms with Crippen molar-refractivity contribution in [1.82, 2.24) is 14.7 Å². The molecule has 0 aromatic heterocycles. The number of carbonyl (C=O) groups excluding carboxylic acids is 3. The Hall–Kier alpha value is -2.97. The van der Waals surface area contributed by atoms with Gasteiger partial charge in [0, 0.05) is 50.4 Å². The molecule has 1 aromatic carbocycles. The second kappa shape index (κ2) is 11.1. The van der Waals surface area contributed by atoms with E-state index in [4.69, 9.17) is 9.47 Å². The van der Waals surface area contributed by atoms with Crippen molar-refractivity contribution in [2.45, 2.75) is 33.6 Å². The normalized spacial score (nSPS) is 15.8. The Labute approximate surface area is 189 Å². The maximum absolute atomic E-state index is 13.0. The molecule has 4 amide bonds. The second-order valence-corrected chi connectivity index (χ2v) is 7.98. The number of benzene rings is 1. The maximum atomic E-state index is 13.0. The number of rotatable bonds is 7. The molecule has 0 unspecified atom stereocenters. The number of amides is 4. The van der Waals surface area contributed by atoms with Crippen LogP contribution in [-0.4, -0.2) is 85.0 Å². The summed E-state index contributed by atoms with van der Waals surface area (Å²) in [5, 5.41) is 2.84. The fourth-order valence-corrected chi connectivity index (χ4v) is 4.11. The van der Waals surface area contributed by atoms with Crippen LogP contribution in [-0.2, 0) is 9.59 Å². The van der Waals surface area contributed by atoms with Crippen molar-refractivity contribution in [1.29, 1.82) is 0 Å². The largest absolute Gasteiger partial charge is 0.486 e. The summed E-state index contributed by atoms with van der Waals surface area (Å²) in [5.74, 6) is 0.803. The molecule has 0 spiro atoms. The number of ether oxygens (including phenoxy) is 2. The molecule has 1 aromatic rings. The first-order valence-electron chi connectivity index (χ1n) is 11.5. The number of nitrogens with one attached hydrogen (secondary N) is 1. The minimum atomic E-state index is -0.258. The molecule has 1 fully saturated rings. The van der Waals surface area contributed by atoms with Crippen LogP contribution in [0.1, 0.15) is 33.6 Å². The molecule has 0 atom stereocenters. The minimum absolute atomic E-state index is 0.0115. The van der Waals surface area contributed by atoms with Crippen molar-refractivity contribution in [3.8, 4) is 11.5 Å². The number of fused-ring (bicyclic) bond motifs is 1. The number of anilines is 1. The summed E-state index contributed by atoms with van der Waals surface area (Å²) in [6.07, 6.45) is 1.23. The number of hydrogen-bond donors (Lipinski definition) is 1. The molecule has 9 nitrogen and oxygen atoms in total. The lowest BCUT2D eigenvalue weighted by Crippen LogP contribution is -2.49. The highest BCUT2D eigenvalue weighted by atomic mass is 16.6. The molecule has 0 bridgehead atoms. The standard InChI is InChI=1S/C23H34N4O5/c1-4-25(5-2)23(30)27-11-9-17(10-12-27)22(29)26(6-3)16-21(28)24-18-7-8-19-20(15-18)32-14-13-31-19/h7-8,15,17H,4-6,9-14,16H2,1-3H3,(H,24,28). The van der Waals surface area contributed by atoms with Gasteiger partial charge < -0.3 is 29.5 Å². The minimum Gasteiger partial charge on any atom is -0.486 e. The van der Waals surface area contributed by atoms with Gasteiger partial charge in [0.2, 0.25) is 11.8 Å². The molecule has 3 rings (SSSR count). The zero-order chi connectivity index (χ0) is 23.1. The number of piperidine rings is 1. The lowest BCUT2D eigenvalue weighted by Gasteiger charge is -2.36. The van der Waals surface area contributed by atoms with Gasteiger partial charge in [-0.2, -0.15) is 0 Å². The Morgan fingerprint density at radius 3 is 2.22 bits per heavy atom. The number of likely N-dealkylation sites (N-methyl/N-ethyl adjacent to an activating group) is 1. The monoisotopic (exact) mass is 446 g/mol. The predicted molar refractivity (Wildman–Crippen MR) is 121 cm³/mol. The topological polar surface area (TPSA) is 91.4 Å². The van der Waals surface area contributed by atoms with Crippen LogP contribution in [0.15, 0.2) is 18.2 Å². The van der Waals surface area contributed by atoms with Gasteiger partial charge >= 0.3 is 6.03 Å². The fraction of sp³-hybridized carbons (Fsp3) is 0.609. The van der Waals surface area contributed by atoms with Crippen molar-refractivity contribution in [3.63, 3.8) is 0 Å². The molecule has 32 heavy (non-hydrogen) atoms. The molecular formula is C23H34N4O5. The van der Waals surface area contributed by atoms with Crippen molar-refractivity contribution in [2.24, 2.45) is 5.92 Å². The van der Waals surface area contributed by atoms with Gasteiger partial charge in [-0.25, -0.2) is 4.79 Å². The van der Waals surface area contributed by atoms with E-state index in [1.807, 2.05) is 25.7 Å². The zero-order valence-electron chi connectivity index (χ0n) is 19.3. The molecule has 2 heterocycles. The average molecular weight is 447 g/mol. The van der Waals surface area contributed by atoms with Crippen molar-refractivity contribution in [2.75, 3.05) is 57.8 Å². The number of urea groups is 1. The van der Waals surface area contributed by atoms with E-state index in [9.17, 15) is 14.4 Å². The van der Waals surface area contributed by atoms with Gasteiger partial charge in [-0.05, 0) is 45.7 Å². The number of hydrogen-bond acceptors (Lipinski definition) is 5. The first-order valence-corrected chi connectivity index (χ1v) is 11.5. The Morgan fingerprint density at radius 2 is 1.59 bits per heavy atom. The average Bonchev–Trinajstić information content (AvgIpc) is 2.82. The second-order valence-electron chi connectivity index (χ2n) is 7.98. The van der Waals surface area contributed by atoms with Crippen molar-refractivity contribution in [3.05, 3.63) is 18.2 Å². The quantitative estimate of drug-likeness (QED) is 0.695. The first kappa shape index (κ1) is 23.7. The van der Waals surface area contributed by atoms with E-state index in [2.05, 4.69) is 5.32 Å². The Balaban J connectivity index is 1.51. The van der Waals surface area contributed by atoms with E-state index in [0.717, 1.165) is 0 Å². The Bertz CT molecular complexity index is 819. The third kappa shape index (κ3) is 5.63. The summed E-state index contributed by atoms with van der Waals surface area (Å²) in [6, 6.07) is 5.28. The summed E-state index contributed by atoms with van der Waals surface area (Å²) < 4.78 is 11.0. The molecule has 0 aliphatic carbocycles. The SMILES string of the molecule is CCN(CC(=O)Nc1ccc2c(c1)OCCO2)C(=O)C1CCN(C(=O)N(CC)CC)CC1. The molecule has 0 radical (unpaired) electrons. The van der Waals surface area contributed by atoms with Crippen LogP contribution >= 0.6 is 0 Å². The number of carbonyl (C=O) groups is 3. The van der Waals surface area contributed by atoms with Crippen LogP contribution in [0.5, 0.6) is 11.5 Å². The molecule has 1 N–H and O–H groups in total. The van der Waals surface area contributed by atoms with Crippen LogP contribution in [0.3, 0.4) is 0 Å². The van der Waals surface area contributed by atoms with Gasteiger partial charge in [0.15, 0.2) is 11.5 Å². The van der Waals surface area contributed by atoms with Crippen LogP contribution in [0.25, 0.3) is 0 Å². The third-order valence-corrected chi connectivity index (χ3v) is 6.00. The third-order valence-electron chi connectivity index (χ3n) is 6.00. The van der Waals surface area contributed by atoms with Gasteiger partial charge in [0.05, 0.1) is 6.54 Å². The summed E-state index contributed by atoms with van der Waals surface area (Å²) in [6.45, 7) is 9.70. The summed E-state index contributed by atoms with van der Waals surface area (Å²) in [7, 11) is 0. The lowest BCUT2D eigenvalue weighted by molar-refractivity contribution is -0.139. The molecule has 0 saturated carbocycles. The molecule has 176 valence electrons. The Kier molecular flexibility index (Phi) is 8.19. The predicted octanol–water partition coefficient (Wildman–Crippen LogP) is 2.42. The Morgan fingerprint density at radius 1 is 0.969 bits per heavy atom. The lowest BCUT2D eigenvalue weighted by atomic mass is 9.95. The molecule has 1 saturated heterocycles. The highest BCUT2D eigenvalue weighted by Crippen LogP contribution is 2.32. The molecular weight excluding hydrogens is 412 g/mol. The highest BCUT2D eigenvalue weighted by molar-refractivity contribution is 5.95. The zero-order valence-corrected chi connectivity index (χ0v) is 19.3. The number of likely N-dealkylation sites (tertiary alicyclic amines) is 1. The van der Waals surface area contributed by atoms with Gasteiger partial charge in [-0.1, -0.05) is 0 Å². The van der Waals surface area contributed by atoms with Crippen LogP contribution in [0, 0.1) is 5.92 Å². The van der Waals surface area contributed by atoms with Gasteiger partial charge in [-0.15, -0.1) is 0 Å². The van der Waals surface area contributed by atoms with Crippen molar-refractivity contribution >= 4 is 23.5 Å². The van der Waals surface area contributed by atoms with E-state index >= 15 is 0 Å². The van der Waals surface area contributed by atoms with E-state index in [1.165, 1.54) is 0 Å². The first-order chi connectivity index (χ1) is 15.5. The molecule has 2 aliphatic rings. The molecule has 2 aliphatic heterocycles. The van der Waals surface area contributed by atoms with E-state index < -0.39 is 0 Å². The summed E-state index contributed by atoms with van der Waals surface area (Å²) in [5.41, 5.74) is 0.603.